The van der Waals surface area contributed by atoms with Crippen molar-refractivity contribution in [1.82, 2.24) is 0 Å². The van der Waals surface area contributed by atoms with Crippen LogP contribution >= 0.6 is 0 Å². The molecule has 0 heterocycles. The van der Waals surface area contributed by atoms with E-state index in [1.54, 1.807) is 0 Å². The van der Waals surface area contributed by atoms with E-state index in [1.165, 1.54) is 12.3 Å². The smallest absolute Gasteiger partial charge is 0.102 e. The van der Waals surface area contributed by atoms with Crippen molar-refractivity contribution in [2.75, 3.05) is 6.61 Å². The van der Waals surface area contributed by atoms with Crippen LogP contribution in [0.3, 0.4) is 0 Å². The molecule has 0 rings (SSSR count). The van der Waals surface area contributed by atoms with Crippen molar-refractivity contribution >= 4 is 6.72 Å². The van der Waals surface area contributed by atoms with Crippen molar-refractivity contribution in [3.05, 3.63) is 12.3 Å². The Balaban J connectivity index is 2.92. The second-order valence-corrected chi connectivity index (χ2v) is 0.863. The van der Waals surface area contributed by atoms with Crippen molar-refractivity contribution in [1.29, 1.82) is 0 Å². The summed E-state index contributed by atoms with van der Waals surface area (Å²) in [6, 6.07) is 0. The lowest BCUT2D eigenvalue weighted by Crippen LogP contribution is -1.79. The van der Waals surface area contributed by atoms with Gasteiger partial charge in [-0.05, 0) is 12.8 Å². The summed E-state index contributed by atoms with van der Waals surface area (Å²) in [6.07, 6.45) is 2.98. The maximum atomic E-state index is 7.68. The van der Waals surface area contributed by atoms with Crippen LogP contribution in [0.15, 0.2) is 17.3 Å². The van der Waals surface area contributed by atoms with E-state index < -0.39 is 0 Å². The molecule has 0 saturated carbocycles. The average molecular weight is 101 g/mol. The Morgan fingerprint density at radius 2 is 2.57 bits per heavy atom. The molecule has 0 atom stereocenters. The minimum Gasteiger partial charge on any atom is -0.273 e. The molecule has 0 unspecified atom stereocenters. The summed E-state index contributed by atoms with van der Waals surface area (Å²) < 4.78 is 0. The predicted octanol–water partition coefficient (Wildman–Crippen LogP) is 0.690. The highest BCUT2D eigenvalue weighted by molar-refractivity contribution is 5.25. The van der Waals surface area contributed by atoms with Crippen LogP contribution in [-0.2, 0) is 4.89 Å². The molecule has 7 heavy (non-hydrogen) atoms. The lowest BCUT2D eigenvalue weighted by Gasteiger charge is -1.79. The number of aliphatic imine (C=N–C) groups is 1. The first-order chi connectivity index (χ1) is 3.41. The minimum atomic E-state index is 0.166. The van der Waals surface area contributed by atoms with Crippen LogP contribution in [0.4, 0.5) is 0 Å². The Labute approximate surface area is 41.9 Å². The molecule has 3 heteroatoms. The van der Waals surface area contributed by atoms with Gasteiger partial charge in [0, 0.05) is 6.20 Å². The second kappa shape index (κ2) is 5.33. The molecule has 0 aromatic rings. The van der Waals surface area contributed by atoms with Crippen LogP contribution in [0.5, 0.6) is 0 Å². The Hall–Kier alpha value is -0.670. The summed E-state index contributed by atoms with van der Waals surface area (Å²) in [5, 5.41) is 7.68. The van der Waals surface area contributed by atoms with Crippen LogP contribution in [0.1, 0.15) is 0 Å². The van der Waals surface area contributed by atoms with Gasteiger partial charge in [-0.3, -0.25) is 10.2 Å². The number of nitrogens with zero attached hydrogens (tertiary/aromatic N) is 1. The molecule has 0 saturated heterocycles. The Bertz CT molecular complexity index is 70.1. The van der Waals surface area contributed by atoms with E-state index in [2.05, 4.69) is 16.6 Å². The highest BCUT2D eigenvalue weighted by atomic mass is 17.1. The van der Waals surface area contributed by atoms with Crippen molar-refractivity contribution in [2.45, 2.75) is 0 Å². The maximum Gasteiger partial charge on any atom is 0.102 e. The molecular weight excluding hydrogens is 94.0 g/mol. The average Bonchev–Trinajstić information content (AvgIpc) is 1.69. The van der Waals surface area contributed by atoms with Crippen LogP contribution < -0.4 is 0 Å². The maximum absolute atomic E-state index is 7.68. The number of hydrogen-bond donors (Lipinski definition) is 1. The van der Waals surface area contributed by atoms with Gasteiger partial charge in [-0.2, -0.15) is 0 Å². The van der Waals surface area contributed by atoms with E-state index in [9.17, 15) is 0 Å². The SMILES string of the molecule is C=N/C=C/COO. The van der Waals surface area contributed by atoms with Crippen LogP contribution in [0.2, 0.25) is 0 Å². The number of hydrogen-bond acceptors (Lipinski definition) is 3. The van der Waals surface area contributed by atoms with E-state index in [0.717, 1.165) is 0 Å². The van der Waals surface area contributed by atoms with Crippen LogP contribution in [0, 0.1) is 0 Å². The molecule has 0 fully saturated rings. The fourth-order valence-electron chi connectivity index (χ4n) is 0.161. The molecule has 0 aliphatic heterocycles. The first kappa shape index (κ1) is 6.33. The number of rotatable bonds is 3. The molecule has 3 nitrogen and oxygen atoms in total. The highest BCUT2D eigenvalue weighted by Gasteiger charge is 1.66. The van der Waals surface area contributed by atoms with Gasteiger partial charge in [0.05, 0.1) is 0 Å². The summed E-state index contributed by atoms with van der Waals surface area (Å²) in [4.78, 5) is 7.02. The zero-order valence-electron chi connectivity index (χ0n) is 3.87. The summed E-state index contributed by atoms with van der Waals surface area (Å²) in [6.45, 7) is 3.32. The first-order valence-corrected chi connectivity index (χ1v) is 1.79. The molecule has 40 valence electrons. The molecular formula is C4H7NO2. The van der Waals surface area contributed by atoms with Gasteiger partial charge in [0.2, 0.25) is 0 Å². The summed E-state index contributed by atoms with van der Waals surface area (Å²) in [7, 11) is 0. The molecule has 0 bridgehead atoms. The molecule has 0 radical (unpaired) electrons. The van der Waals surface area contributed by atoms with Crippen molar-refractivity contribution < 1.29 is 10.1 Å². The molecule has 0 amide bonds. The lowest BCUT2D eigenvalue weighted by molar-refractivity contribution is -0.231. The standard InChI is InChI=1S/C4H7NO2/c1-5-3-2-4-7-6/h2-3,6H,1,4H2/b3-2+. The van der Waals surface area contributed by atoms with Gasteiger partial charge in [-0.15, -0.1) is 0 Å². The molecule has 0 spiro atoms. The molecule has 0 aromatic carbocycles. The van der Waals surface area contributed by atoms with E-state index in [0.29, 0.717) is 0 Å². The van der Waals surface area contributed by atoms with E-state index in [4.69, 9.17) is 5.26 Å². The van der Waals surface area contributed by atoms with E-state index in [1.807, 2.05) is 0 Å². The second-order valence-electron chi connectivity index (χ2n) is 0.863. The predicted molar refractivity (Wildman–Crippen MR) is 27.3 cm³/mol. The summed E-state index contributed by atoms with van der Waals surface area (Å²) >= 11 is 0. The molecule has 0 aliphatic carbocycles. The minimum absolute atomic E-state index is 0.166. The van der Waals surface area contributed by atoms with Gasteiger partial charge < -0.3 is 0 Å². The molecule has 1 N–H and O–H groups in total. The van der Waals surface area contributed by atoms with E-state index in [-0.39, 0.29) is 6.61 Å². The normalized spacial score (nSPS) is 9.86. The lowest BCUT2D eigenvalue weighted by atomic mass is 10.7. The third kappa shape index (κ3) is 5.33. The Morgan fingerprint density at radius 1 is 1.86 bits per heavy atom. The van der Waals surface area contributed by atoms with Gasteiger partial charge in [-0.1, -0.05) is 0 Å². The fraction of sp³-hybridized carbons (Fsp3) is 0.250. The Morgan fingerprint density at radius 3 is 3.00 bits per heavy atom. The van der Waals surface area contributed by atoms with Crippen molar-refractivity contribution in [3.8, 4) is 0 Å². The summed E-state index contributed by atoms with van der Waals surface area (Å²) in [5.74, 6) is 0. The van der Waals surface area contributed by atoms with Crippen molar-refractivity contribution in [2.24, 2.45) is 4.99 Å². The summed E-state index contributed by atoms with van der Waals surface area (Å²) in [5.41, 5.74) is 0. The largest absolute Gasteiger partial charge is 0.273 e. The first-order valence-electron chi connectivity index (χ1n) is 1.79. The topological polar surface area (TPSA) is 41.8 Å². The highest BCUT2D eigenvalue weighted by Crippen LogP contribution is 1.71. The zero-order valence-corrected chi connectivity index (χ0v) is 3.87. The third-order valence-electron chi connectivity index (χ3n) is 0.382. The fourth-order valence-corrected chi connectivity index (χ4v) is 0.161. The van der Waals surface area contributed by atoms with Gasteiger partial charge in [-0.25, -0.2) is 4.89 Å². The van der Waals surface area contributed by atoms with Gasteiger partial charge in [0.1, 0.15) is 6.61 Å². The molecule has 0 aromatic heterocycles. The molecule has 0 aliphatic rings. The van der Waals surface area contributed by atoms with Gasteiger partial charge in [0.15, 0.2) is 0 Å². The zero-order chi connectivity index (χ0) is 5.54. The van der Waals surface area contributed by atoms with Gasteiger partial charge in [0.25, 0.3) is 0 Å². The van der Waals surface area contributed by atoms with Crippen LogP contribution in [-0.4, -0.2) is 18.6 Å². The Kier molecular flexibility index (Phi) is 4.82. The van der Waals surface area contributed by atoms with Gasteiger partial charge >= 0.3 is 0 Å². The van der Waals surface area contributed by atoms with Crippen LogP contribution in [0.25, 0.3) is 0 Å². The van der Waals surface area contributed by atoms with Crippen molar-refractivity contribution in [3.63, 3.8) is 0 Å². The monoisotopic (exact) mass is 101 g/mol. The van der Waals surface area contributed by atoms with E-state index >= 15 is 0 Å². The quantitative estimate of drug-likeness (QED) is 0.323. The third-order valence-corrected chi connectivity index (χ3v) is 0.382.